The van der Waals surface area contributed by atoms with E-state index in [1.807, 2.05) is 42.5 Å². The van der Waals surface area contributed by atoms with Gasteiger partial charge in [-0.3, -0.25) is 5.32 Å². The Labute approximate surface area is 205 Å². The van der Waals surface area contributed by atoms with Crippen molar-refractivity contribution in [2.45, 2.75) is 9.79 Å². The molecule has 0 atom stereocenters. The van der Waals surface area contributed by atoms with Crippen molar-refractivity contribution in [2.24, 2.45) is 0 Å². The molecule has 1 aromatic heterocycles. The van der Waals surface area contributed by atoms with Gasteiger partial charge in [0, 0.05) is 39.4 Å². The predicted molar refractivity (Wildman–Crippen MR) is 135 cm³/mol. The quantitative estimate of drug-likeness (QED) is 0.266. The molecule has 1 heterocycles. The second-order valence-electron chi connectivity index (χ2n) is 7.19. The number of rotatable bonds is 7. The molecule has 10 nitrogen and oxygen atoms in total. The van der Waals surface area contributed by atoms with Gasteiger partial charge in [-0.15, -0.1) is 0 Å². The molecule has 3 aromatic carbocycles. The van der Waals surface area contributed by atoms with Crippen LogP contribution in [0.2, 0.25) is 0 Å². The van der Waals surface area contributed by atoms with Gasteiger partial charge in [0.15, 0.2) is 0 Å². The molecular formula is C24H23N5O5S. The van der Waals surface area contributed by atoms with E-state index in [1.165, 1.54) is 7.11 Å². The van der Waals surface area contributed by atoms with Crippen molar-refractivity contribution in [2.75, 3.05) is 37.3 Å². The molecular weight excluding hydrogens is 470 g/mol. The van der Waals surface area contributed by atoms with E-state index in [2.05, 4.69) is 30.7 Å². The van der Waals surface area contributed by atoms with Crippen molar-refractivity contribution in [3.63, 3.8) is 0 Å². The van der Waals surface area contributed by atoms with Crippen molar-refractivity contribution >= 4 is 52.2 Å². The van der Waals surface area contributed by atoms with E-state index in [1.54, 1.807) is 44.2 Å². The average molecular weight is 494 g/mol. The fourth-order valence-corrected chi connectivity index (χ4v) is 4.02. The average Bonchev–Trinajstić information content (AvgIpc) is 3.26. The van der Waals surface area contributed by atoms with E-state index in [4.69, 9.17) is 9.47 Å². The molecule has 4 aromatic rings. The van der Waals surface area contributed by atoms with E-state index < -0.39 is 6.09 Å². The number of aromatic nitrogens is 2. The SMILES string of the molecule is COC(=O)Nc1nc2cc(Sc3ccc(NC(=O)Nc4cc(OC)cc(OC)c4)cc3)ccc2[nH]1. The Hall–Kier alpha value is -4.38. The number of benzene rings is 3. The molecule has 4 N–H and O–H groups in total. The minimum Gasteiger partial charge on any atom is -0.497 e. The molecule has 0 bridgehead atoms. The Kier molecular flexibility index (Phi) is 7.27. The van der Waals surface area contributed by atoms with Gasteiger partial charge in [0.2, 0.25) is 5.95 Å². The Morgan fingerprint density at radius 2 is 1.46 bits per heavy atom. The normalized spacial score (nSPS) is 10.5. The molecule has 4 rings (SSSR count). The summed E-state index contributed by atoms with van der Waals surface area (Å²) in [5, 5.41) is 8.09. The highest BCUT2D eigenvalue weighted by Crippen LogP contribution is 2.31. The number of nitrogens with zero attached hydrogens (tertiary/aromatic N) is 1. The molecule has 0 radical (unpaired) electrons. The van der Waals surface area contributed by atoms with E-state index in [0.29, 0.717) is 34.3 Å². The van der Waals surface area contributed by atoms with Crippen LogP contribution < -0.4 is 25.4 Å². The highest BCUT2D eigenvalue weighted by atomic mass is 32.2. The number of methoxy groups -OCH3 is 3. The predicted octanol–water partition coefficient (Wildman–Crippen LogP) is 5.55. The van der Waals surface area contributed by atoms with Crippen LogP contribution in [0.5, 0.6) is 11.5 Å². The van der Waals surface area contributed by atoms with Crippen LogP contribution in [0.25, 0.3) is 11.0 Å². The zero-order chi connectivity index (χ0) is 24.8. The van der Waals surface area contributed by atoms with E-state index in [-0.39, 0.29) is 6.03 Å². The second kappa shape index (κ2) is 10.7. The summed E-state index contributed by atoms with van der Waals surface area (Å²) in [6.45, 7) is 0. The number of hydrogen-bond acceptors (Lipinski definition) is 7. The smallest absolute Gasteiger partial charge is 0.413 e. The summed E-state index contributed by atoms with van der Waals surface area (Å²) >= 11 is 1.55. The number of ether oxygens (including phenoxy) is 3. The van der Waals surface area contributed by atoms with Gasteiger partial charge in [0.05, 0.1) is 32.4 Å². The molecule has 35 heavy (non-hydrogen) atoms. The van der Waals surface area contributed by atoms with Crippen LogP contribution in [-0.2, 0) is 4.74 Å². The van der Waals surface area contributed by atoms with Crippen LogP contribution in [0.15, 0.2) is 70.5 Å². The van der Waals surface area contributed by atoms with Crippen molar-refractivity contribution in [3.8, 4) is 11.5 Å². The number of urea groups is 1. The highest BCUT2D eigenvalue weighted by molar-refractivity contribution is 7.99. The fourth-order valence-electron chi connectivity index (χ4n) is 3.17. The molecule has 180 valence electrons. The van der Waals surface area contributed by atoms with Gasteiger partial charge in [-0.05, 0) is 42.5 Å². The summed E-state index contributed by atoms with van der Waals surface area (Å²) in [5.41, 5.74) is 2.69. The molecule has 0 aliphatic heterocycles. The fraction of sp³-hybridized carbons (Fsp3) is 0.125. The van der Waals surface area contributed by atoms with Crippen LogP contribution in [-0.4, -0.2) is 43.4 Å². The van der Waals surface area contributed by atoms with Gasteiger partial charge in [-0.25, -0.2) is 14.6 Å². The third-order valence-electron chi connectivity index (χ3n) is 4.82. The summed E-state index contributed by atoms with van der Waals surface area (Å²) in [6, 6.07) is 18.0. The molecule has 11 heteroatoms. The lowest BCUT2D eigenvalue weighted by Gasteiger charge is -2.11. The Morgan fingerprint density at radius 1 is 0.800 bits per heavy atom. The number of carbonyl (C=O) groups excluding carboxylic acids is 2. The molecule has 0 aliphatic rings. The van der Waals surface area contributed by atoms with Gasteiger partial charge < -0.3 is 29.8 Å². The Balaban J connectivity index is 1.37. The molecule has 0 spiro atoms. The molecule has 0 fully saturated rings. The number of aromatic amines is 1. The van der Waals surface area contributed by atoms with Gasteiger partial charge in [0.1, 0.15) is 11.5 Å². The lowest BCUT2D eigenvalue weighted by atomic mass is 10.2. The Bertz CT molecular complexity index is 1330. The first kappa shape index (κ1) is 23.8. The third kappa shape index (κ3) is 6.15. The first-order valence-corrected chi connectivity index (χ1v) is 11.2. The van der Waals surface area contributed by atoms with Crippen molar-refractivity contribution < 1.29 is 23.8 Å². The van der Waals surface area contributed by atoms with E-state index in [9.17, 15) is 9.59 Å². The number of imidazole rings is 1. The number of anilines is 3. The molecule has 0 unspecified atom stereocenters. The van der Waals surface area contributed by atoms with E-state index >= 15 is 0 Å². The van der Waals surface area contributed by atoms with Crippen LogP contribution >= 0.6 is 11.8 Å². The molecule has 0 aliphatic carbocycles. The standard InChI is InChI=1S/C24H23N5O5S/c1-32-16-10-15(11-17(12-16)33-2)26-23(30)25-14-4-6-18(7-5-14)35-19-8-9-20-21(13-19)28-22(27-20)29-24(31)34-3/h4-13H,1-3H3,(H2,25,26,30)(H2,27,28,29,31). The number of nitrogens with one attached hydrogen (secondary N) is 4. The number of carbonyl (C=O) groups is 2. The first-order valence-electron chi connectivity index (χ1n) is 10.4. The molecule has 3 amide bonds. The summed E-state index contributed by atoms with van der Waals surface area (Å²) in [6.07, 6.45) is -0.593. The van der Waals surface area contributed by atoms with E-state index in [0.717, 1.165) is 15.3 Å². The number of H-pyrrole nitrogens is 1. The third-order valence-corrected chi connectivity index (χ3v) is 5.82. The van der Waals surface area contributed by atoms with Crippen LogP contribution in [0, 0.1) is 0 Å². The minimum absolute atomic E-state index is 0.315. The zero-order valence-electron chi connectivity index (χ0n) is 19.2. The van der Waals surface area contributed by atoms with Crippen LogP contribution in [0.4, 0.5) is 26.9 Å². The lowest BCUT2D eigenvalue weighted by molar-refractivity contribution is 0.186. The minimum atomic E-state index is -0.593. The maximum atomic E-state index is 12.4. The summed E-state index contributed by atoms with van der Waals surface area (Å²) in [4.78, 5) is 33.1. The number of amides is 3. The maximum Gasteiger partial charge on any atom is 0.413 e. The van der Waals surface area contributed by atoms with Crippen molar-refractivity contribution in [3.05, 3.63) is 60.7 Å². The van der Waals surface area contributed by atoms with Crippen molar-refractivity contribution in [1.82, 2.24) is 9.97 Å². The summed E-state index contributed by atoms with van der Waals surface area (Å²) in [5.74, 6) is 1.46. The number of fused-ring (bicyclic) bond motifs is 1. The Morgan fingerprint density at radius 3 is 2.11 bits per heavy atom. The topological polar surface area (TPSA) is 127 Å². The molecule has 0 saturated carbocycles. The lowest BCUT2D eigenvalue weighted by Crippen LogP contribution is -2.19. The van der Waals surface area contributed by atoms with Crippen molar-refractivity contribution in [1.29, 1.82) is 0 Å². The monoisotopic (exact) mass is 493 g/mol. The van der Waals surface area contributed by atoms with Gasteiger partial charge >= 0.3 is 12.1 Å². The van der Waals surface area contributed by atoms with Gasteiger partial charge in [-0.1, -0.05) is 11.8 Å². The molecule has 0 saturated heterocycles. The van der Waals surface area contributed by atoms with Gasteiger partial charge in [0.25, 0.3) is 0 Å². The first-order chi connectivity index (χ1) is 16.9. The zero-order valence-corrected chi connectivity index (χ0v) is 20.0. The highest BCUT2D eigenvalue weighted by Gasteiger charge is 2.09. The largest absolute Gasteiger partial charge is 0.497 e. The summed E-state index contributed by atoms with van der Waals surface area (Å²) < 4.78 is 15.0. The maximum absolute atomic E-state index is 12.4. The van der Waals surface area contributed by atoms with Gasteiger partial charge in [-0.2, -0.15) is 0 Å². The second-order valence-corrected chi connectivity index (χ2v) is 8.33. The number of hydrogen-bond donors (Lipinski definition) is 4. The van der Waals surface area contributed by atoms with Crippen LogP contribution in [0.3, 0.4) is 0 Å². The van der Waals surface area contributed by atoms with Crippen LogP contribution in [0.1, 0.15) is 0 Å². The summed E-state index contributed by atoms with van der Waals surface area (Å²) in [7, 11) is 4.38.